The van der Waals surface area contributed by atoms with Crippen LogP contribution < -0.4 is 0 Å². The van der Waals surface area contributed by atoms with Gasteiger partial charge in [0.1, 0.15) is 0 Å². The monoisotopic (exact) mass is 297 g/mol. The van der Waals surface area contributed by atoms with Gasteiger partial charge in [-0.3, -0.25) is 0 Å². The number of esters is 1. The highest BCUT2D eigenvalue weighted by atomic mass is 79.9. The van der Waals surface area contributed by atoms with Crippen molar-refractivity contribution in [1.29, 1.82) is 0 Å². The van der Waals surface area contributed by atoms with E-state index in [4.69, 9.17) is 4.74 Å². The summed E-state index contributed by atoms with van der Waals surface area (Å²) in [7, 11) is 3.75. The van der Waals surface area contributed by atoms with E-state index in [0.29, 0.717) is 12.2 Å². The molecule has 1 aromatic carbocycles. The molecule has 0 aliphatic rings. The first kappa shape index (κ1) is 13.8. The first-order valence-corrected chi connectivity index (χ1v) is 6.15. The molecule has 0 fully saturated rings. The van der Waals surface area contributed by atoms with Crippen LogP contribution in [0.5, 0.6) is 0 Å². The summed E-state index contributed by atoms with van der Waals surface area (Å²) in [5.74, 6) is -0.302. The molecular weight excluding hydrogens is 282 g/mol. The maximum atomic E-state index is 11.8. The Balaban J connectivity index is 3.06. The summed E-state index contributed by atoms with van der Waals surface area (Å²) < 4.78 is 6.02. The molecule has 92 valence electrons. The van der Waals surface area contributed by atoms with Crippen molar-refractivity contribution in [1.82, 2.24) is 4.90 Å². The Bertz CT molecular complexity index is 410. The van der Waals surface area contributed by atoms with Gasteiger partial charge in [-0.2, -0.15) is 0 Å². The van der Waals surface area contributed by atoms with Crippen LogP contribution in [0.4, 0.5) is 0 Å². The van der Waals surface area contributed by atoms with E-state index in [9.17, 15) is 4.79 Å². The average molecular weight is 298 g/mol. The summed E-state index contributed by atoms with van der Waals surface area (Å²) >= 11 is 3.37. The Kier molecular flexibility index (Phi) is 5.22. The quantitative estimate of drug-likeness (QED) is 0.632. The molecule has 0 amide bonds. The lowest BCUT2D eigenvalue weighted by Crippen LogP contribution is -2.11. The van der Waals surface area contributed by atoms with Crippen molar-refractivity contribution in [3.05, 3.63) is 40.5 Å². The number of carbonyl (C=O) groups excluding carboxylic acids is 1. The van der Waals surface area contributed by atoms with Crippen LogP contribution in [0.15, 0.2) is 34.9 Å². The van der Waals surface area contributed by atoms with E-state index in [1.165, 1.54) is 0 Å². The van der Waals surface area contributed by atoms with Gasteiger partial charge in [-0.25, -0.2) is 4.79 Å². The van der Waals surface area contributed by atoms with Crippen molar-refractivity contribution in [3.8, 4) is 0 Å². The van der Waals surface area contributed by atoms with Gasteiger partial charge in [0, 0.05) is 24.8 Å². The lowest BCUT2D eigenvalue weighted by Gasteiger charge is -2.11. The molecular formula is C13H16BrNO2. The van der Waals surface area contributed by atoms with Crippen LogP contribution in [-0.4, -0.2) is 31.6 Å². The van der Waals surface area contributed by atoms with Gasteiger partial charge in [-0.05, 0) is 24.6 Å². The van der Waals surface area contributed by atoms with Gasteiger partial charge in [-0.1, -0.05) is 28.1 Å². The minimum atomic E-state index is -0.302. The molecule has 0 bridgehead atoms. The second kappa shape index (κ2) is 6.45. The number of rotatable bonds is 4. The molecule has 0 N–H and O–H groups in total. The molecule has 0 aliphatic carbocycles. The highest BCUT2D eigenvalue weighted by Crippen LogP contribution is 2.19. The molecule has 0 saturated heterocycles. The number of benzene rings is 1. The van der Waals surface area contributed by atoms with E-state index in [1.807, 2.05) is 43.3 Å². The van der Waals surface area contributed by atoms with Gasteiger partial charge in [0.05, 0.1) is 12.2 Å². The van der Waals surface area contributed by atoms with E-state index in [2.05, 4.69) is 15.9 Å². The second-order valence-corrected chi connectivity index (χ2v) is 4.65. The normalized spacial score (nSPS) is 11.2. The molecule has 1 rings (SSSR count). The number of carbonyl (C=O) groups is 1. The SMILES string of the molecule is CCOC(=O)/C(=C/N(C)C)c1ccc(Br)cc1. The van der Waals surface area contributed by atoms with Crippen LogP contribution >= 0.6 is 15.9 Å². The van der Waals surface area contributed by atoms with Gasteiger partial charge >= 0.3 is 5.97 Å². The molecule has 4 heteroatoms. The molecule has 0 unspecified atom stereocenters. The Morgan fingerprint density at radius 3 is 2.41 bits per heavy atom. The fraction of sp³-hybridized carbons (Fsp3) is 0.308. The number of halogens is 1. The van der Waals surface area contributed by atoms with E-state index in [1.54, 1.807) is 13.1 Å². The molecule has 0 atom stereocenters. The van der Waals surface area contributed by atoms with Gasteiger partial charge in [-0.15, -0.1) is 0 Å². The molecule has 0 aromatic heterocycles. The summed E-state index contributed by atoms with van der Waals surface area (Å²) in [6.45, 7) is 2.17. The van der Waals surface area contributed by atoms with Crippen LogP contribution in [-0.2, 0) is 9.53 Å². The smallest absolute Gasteiger partial charge is 0.340 e. The molecule has 3 nitrogen and oxygen atoms in total. The van der Waals surface area contributed by atoms with E-state index in [-0.39, 0.29) is 5.97 Å². The molecule has 0 radical (unpaired) electrons. The third-order valence-corrected chi connectivity index (χ3v) is 2.57. The number of nitrogens with zero attached hydrogens (tertiary/aromatic N) is 1. The van der Waals surface area contributed by atoms with Crippen molar-refractivity contribution < 1.29 is 9.53 Å². The molecule has 0 saturated carbocycles. The first-order chi connectivity index (χ1) is 8.04. The highest BCUT2D eigenvalue weighted by Gasteiger charge is 2.13. The van der Waals surface area contributed by atoms with E-state index >= 15 is 0 Å². The largest absolute Gasteiger partial charge is 0.462 e. The summed E-state index contributed by atoms with van der Waals surface area (Å²) in [4.78, 5) is 13.7. The second-order valence-electron chi connectivity index (χ2n) is 3.73. The number of hydrogen-bond donors (Lipinski definition) is 0. The van der Waals surface area contributed by atoms with Crippen molar-refractivity contribution >= 4 is 27.5 Å². The molecule has 17 heavy (non-hydrogen) atoms. The maximum absolute atomic E-state index is 11.8. The van der Waals surface area contributed by atoms with Crippen LogP contribution in [0.25, 0.3) is 5.57 Å². The van der Waals surface area contributed by atoms with Crippen molar-refractivity contribution in [2.45, 2.75) is 6.92 Å². The topological polar surface area (TPSA) is 29.5 Å². The number of ether oxygens (including phenoxy) is 1. The Morgan fingerprint density at radius 2 is 1.94 bits per heavy atom. The van der Waals surface area contributed by atoms with Gasteiger partial charge < -0.3 is 9.64 Å². The Morgan fingerprint density at radius 1 is 1.35 bits per heavy atom. The summed E-state index contributed by atoms with van der Waals surface area (Å²) in [6, 6.07) is 7.57. The zero-order valence-electron chi connectivity index (χ0n) is 10.2. The Hall–Kier alpha value is -1.29. The summed E-state index contributed by atoms with van der Waals surface area (Å²) in [5, 5.41) is 0. The van der Waals surface area contributed by atoms with Gasteiger partial charge in [0.25, 0.3) is 0 Å². The maximum Gasteiger partial charge on any atom is 0.340 e. The standard InChI is InChI=1S/C13H16BrNO2/c1-4-17-13(16)12(9-15(2)3)10-5-7-11(14)8-6-10/h5-9H,4H2,1-3H3/b12-9+. The van der Waals surface area contributed by atoms with Gasteiger partial charge in [0.2, 0.25) is 0 Å². The van der Waals surface area contributed by atoms with Crippen LogP contribution in [0.1, 0.15) is 12.5 Å². The Labute approximate surface area is 110 Å². The zero-order chi connectivity index (χ0) is 12.8. The molecule has 0 aliphatic heterocycles. The summed E-state index contributed by atoms with van der Waals surface area (Å²) in [6.07, 6.45) is 1.77. The fourth-order valence-electron chi connectivity index (χ4n) is 1.34. The predicted molar refractivity (Wildman–Crippen MR) is 72.4 cm³/mol. The van der Waals surface area contributed by atoms with Gasteiger partial charge in [0.15, 0.2) is 0 Å². The number of hydrogen-bond acceptors (Lipinski definition) is 3. The predicted octanol–water partition coefficient (Wildman–Crippen LogP) is 2.91. The van der Waals surface area contributed by atoms with Crippen LogP contribution in [0, 0.1) is 0 Å². The lowest BCUT2D eigenvalue weighted by atomic mass is 10.1. The molecule has 0 spiro atoms. The molecule has 0 heterocycles. The first-order valence-electron chi connectivity index (χ1n) is 5.36. The minimum Gasteiger partial charge on any atom is -0.462 e. The van der Waals surface area contributed by atoms with Crippen molar-refractivity contribution in [2.75, 3.05) is 20.7 Å². The minimum absolute atomic E-state index is 0.302. The van der Waals surface area contributed by atoms with E-state index in [0.717, 1.165) is 10.0 Å². The third-order valence-electron chi connectivity index (χ3n) is 2.04. The molecule has 1 aromatic rings. The zero-order valence-corrected chi connectivity index (χ0v) is 11.8. The average Bonchev–Trinajstić information content (AvgIpc) is 2.27. The van der Waals surface area contributed by atoms with Crippen molar-refractivity contribution in [3.63, 3.8) is 0 Å². The van der Waals surface area contributed by atoms with Crippen LogP contribution in [0.3, 0.4) is 0 Å². The third kappa shape index (κ3) is 4.23. The van der Waals surface area contributed by atoms with Crippen molar-refractivity contribution in [2.24, 2.45) is 0 Å². The highest BCUT2D eigenvalue weighted by molar-refractivity contribution is 9.10. The fourth-order valence-corrected chi connectivity index (χ4v) is 1.61. The lowest BCUT2D eigenvalue weighted by molar-refractivity contribution is -0.136. The van der Waals surface area contributed by atoms with E-state index < -0.39 is 0 Å². The van der Waals surface area contributed by atoms with Crippen LogP contribution in [0.2, 0.25) is 0 Å². The summed E-state index contributed by atoms with van der Waals surface area (Å²) in [5.41, 5.74) is 1.41.